The number of fused-ring (bicyclic) bond motifs is 1. The van der Waals surface area contributed by atoms with Crippen molar-refractivity contribution in [1.82, 2.24) is 0 Å². The smallest absolute Gasteiger partial charge is 0.185 e. The van der Waals surface area contributed by atoms with Crippen molar-refractivity contribution in [2.45, 2.75) is 97.9 Å². The van der Waals surface area contributed by atoms with Crippen LogP contribution in [0.4, 0.5) is 0 Å². The number of carbonyl (C=O) groups excluding carboxylic acids is 2. The molecule has 0 aromatic rings. The van der Waals surface area contributed by atoms with Crippen LogP contribution >= 0.6 is 0 Å². The molecule has 0 unspecified atom stereocenters. The van der Waals surface area contributed by atoms with E-state index in [9.17, 15) is 9.59 Å². The van der Waals surface area contributed by atoms with Gasteiger partial charge >= 0.3 is 0 Å². The largest absolute Gasteiger partial charge is 0.406 e. The second-order valence-electron chi connectivity index (χ2n) is 10.2. The van der Waals surface area contributed by atoms with Crippen LogP contribution in [0.5, 0.6) is 0 Å². The molecule has 0 amide bonds. The Hall–Kier alpha value is -0.483. The summed E-state index contributed by atoms with van der Waals surface area (Å²) in [6.45, 7) is 14.9. The number of ketones is 2. The van der Waals surface area contributed by atoms with Gasteiger partial charge in [0.05, 0.1) is 0 Å². The first-order valence-electron chi connectivity index (χ1n) is 10.1. The van der Waals surface area contributed by atoms with E-state index in [0.29, 0.717) is 24.0 Å². The molecule has 0 spiro atoms. The Labute approximate surface area is 155 Å². The topological polar surface area (TPSA) is 43.4 Å². The zero-order chi connectivity index (χ0) is 19.0. The maximum atomic E-state index is 12.7. The molecular weight excluding hydrogens is 328 g/mol. The van der Waals surface area contributed by atoms with Crippen molar-refractivity contribution in [1.29, 1.82) is 0 Å². The SMILES string of the molecule is C[C@H](CCC(=O)C(C)(C)O[Si](C)(C)C)[C@H]1CC[C@H]2C(=O)CCC[C@]12C. The van der Waals surface area contributed by atoms with Gasteiger partial charge in [0.15, 0.2) is 14.1 Å². The Bertz CT molecular complexity index is 520. The van der Waals surface area contributed by atoms with Crippen LogP contribution in [0.25, 0.3) is 0 Å². The van der Waals surface area contributed by atoms with E-state index in [4.69, 9.17) is 4.43 Å². The lowest BCUT2D eigenvalue weighted by Gasteiger charge is -2.42. The Morgan fingerprint density at radius 3 is 2.56 bits per heavy atom. The standard InChI is InChI=1S/C21H38O3Si/c1-15(10-13-19(23)20(2,3)24-25(5,6)7)16-11-12-17-18(22)9-8-14-21(16,17)4/h15-17H,8-14H2,1-7H3/t15-,16-,17+,21-/m1/s1. The highest BCUT2D eigenvalue weighted by Crippen LogP contribution is 2.57. The molecule has 25 heavy (non-hydrogen) atoms. The van der Waals surface area contributed by atoms with Gasteiger partial charge in [-0.2, -0.15) is 0 Å². The predicted molar refractivity (Wildman–Crippen MR) is 105 cm³/mol. The number of Topliss-reactive ketones (excluding diaryl/α,β-unsaturated/α-hetero) is 2. The van der Waals surface area contributed by atoms with Crippen molar-refractivity contribution >= 4 is 19.9 Å². The van der Waals surface area contributed by atoms with Crippen molar-refractivity contribution in [2.24, 2.45) is 23.2 Å². The fourth-order valence-corrected chi connectivity index (χ4v) is 7.23. The molecule has 2 aliphatic rings. The van der Waals surface area contributed by atoms with Gasteiger partial charge < -0.3 is 4.43 Å². The molecule has 4 atom stereocenters. The summed E-state index contributed by atoms with van der Waals surface area (Å²) in [6, 6.07) is 0. The first kappa shape index (κ1) is 20.8. The molecule has 4 heteroatoms. The van der Waals surface area contributed by atoms with Gasteiger partial charge in [-0.3, -0.25) is 9.59 Å². The van der Waals surface area contributed by atoms with E-state index in [0.717, 1.165) is 32.1 Å². The minimum Gasteiger partial charge on any atom is -0.406 e. The van der Waals surface area contributed by atoms with Gasteiger partial charge in [-0.05, 0) is 82.8 Å². The van der Waals surface area contributed by atoms with Crippen LogP contribution in [-0.4, -0.2) is 25.5 Å². The summed E-state index contributed by atoms with van der Waals surface area (Å²) in [5.74, 6) is 2.06. The van der Waals surface area contributed by atoms with Crippen LogP contribution in [-0.2, 0) is 14.0 Å². The lowest BCUT2D eigenvalue weighted by Crippen LogP contribution is -2.44. The second-order valence-corrected chi connectivity index (χ2v) is 14.7. The third-order valence-electron chi connectivity index (χ3n) is 6.68. The second kappa shape index (κ2) is 7.26. The average molecular weight is 367 g/mol. The molecule has 2 saturated carbocycles. The zero-order valence-electron chi connectivity index (χ0n) is 17.4. The van der Waals surface area contributed by atoms with E-state index in [2.05, 4.69) is 33.5 Å². The van der Waals surface area contributed by atoms with E-state index < -0.39 is 13.9 Å². The quantitative estimate of drug-likeness (QED) is 0.568. The van der Waals surface area contributed by atoms with Crippen molar-refractivity contribution < 1.29 is 14.0 Å². The van der Waals surface area contributed by atoms with Gasteiger partial charge in [-0.15, -0.1) is 0 Å². The summed E-state index contributed by atoms with van der Waals surface area (Å²) >= 11 is 0. The lowest BCUT2D eigenvalue weighted by atomic mass is 9.62. The zero-order valence-corrected chi connectivity index (χ0v) is 18.4. The summed E-state index contributed by atoms with van der Waals surface area (Å²) in [4.78, 5) is 25.0. The minimum absolute atomic E-state index is 0.169. The maximum absolute atomic E-state index is 12.7. The van der Waals surface area contributed by atoms with Crippen LogP contribution in [0.1, 0.15) is 72.6 Å². The molecule has 0 aromatic carbocycles. The van der Waals surface area contributed by atoms with E-state index in [1.54, 1.807) is 0 Å². The number of carbonyl (C=O) groups is 2. The third-order valence-corrected chi connectivity index (χ3v) is 7.81. The Morgan fingerprint density at radius 2 is 1.96 bits per heavy atom. The molecule has 144 valence electrons. The van der Waals surface area contributed by atoms with E-state index in [-0.39, 0.29) is 17.1 Å². The minimum atomic E-state index is -1.74. The van der Waals surface area contributed by atoms with Gasteiger partial charge in [0.2, 0.25) is 0 Å². The summed E-state index contributed by atoms with van der Waals surface area (Å²) in [6.07, 6.45) is 6.71. The van der Waals surface area contributed by atoms with Gasteiger partial charge in [0.25, 0.3) is 0 Å². The normalized spacial score (nSPS) is 31.7. The van der Waals surface area contributed by atoms with Gasteiger partial charge in [-0.25, -0.2) is 0 Å². The molecule has 2 rings (SSSR count). The first-order chi connectivity index (χ1) is 11.4. The highest BCUT2D eigenvalue weighted by Gasteiger charge is 2.52. The summed E-state index contributed by atoms with van der Waals surface area (Å²) < 4.78 is 6.11. The lowest BCUT2D eigenvalue weighted by molar-refractivity contribution is -0.133. The predicted octanol–water partition coefficient (Wildman–Crippen LogP) is 5.39. The molecule has 2 fully saturated rings. The van der Waals surface area contributed by atoms with Gasteiger partial charge in [-0.1, -0.05) is 13.8 Å². The van der Waals surface area contributed by atoms with Crippen molar-refractivity contribution in [3.05, 3.63) is 0 Å². The molecule has 0 saturated heterocycles. The molecule has 0 aliphatic heterocycles. The van der Waals surface area contributed by atoms with Crippen LogP contribution in [0.3, 0.4) is 0 Å². The number of hydrogen-bond acceptors (Lipinski definition) is 3. The molecule has 0 aromatic heterocycles. The Morgan fingerprint density at radius 1 is 1.32 bits per heavy atom. The third kappa shape index (κ3) is 4.63. The van der Waals surface area contributed by atoms with Crippen molar-refractivity contribution in [2.75, 3.05) is 0 Å². The van der Waals surface area contributed by atoms with Crippen molar-refractivity contribution in [3.63, 3.8) is 0 Å². The molecule has 2 aliphatic carbocycles. The molecule has 0 N–H and O–H groups in total. The van der Waals surface area contributed by atoms with Crippen molar-refractivity contribution in [3.8, 4) is 0 Å². The van der Waals surface area contributed by atoms with E-state index in [1.165, 1.54) is 6.42 Å². The molecule has 0 bridgehead atoms. The first-order valence-corrected chi connectivity index (χ1v) is 13.5. The fourth-order valence-electron chi connectivity index (χ4n) is 5.59. The highest BCUT2D eigenvalue weighted by atomic mass is 28.4. The van der Waals surface area contributed by atoms with Crippen LogP contribution in [0.2, 0.25) is 19.6 Å². The summed E-state index contributed by atoms with van der Waals surface area (Å²) in [7, 11) is -1.74. The van der Waals surface area contributed by atoms with E-state index >= 15 is 0 Å². The molecular formula is C21H38O3Si. The number of hydrogen-bond donors (Lipinski definition) is 0. The fraction of sp³-hybridized carbons (Fsp3) is 0.905. The monoisotopic (exact) mass is 366 g/mol. The van der Waals surface area contributed by atoms with E-state index in [1.807, 2.05) is 13.8 Å². The highest BCUT2D eigenvalue weighted by molar-refractivity contribution is 6.70. The van der Waals surface area contributed by atoms with Gasteiger partial charge in [0, 0.05) is 18.8 Å². The molecule has 3 nitrogen and oxygen atoms in total. The van der Waals surface area contributed by atoms with Crippen LogP contribution < -0.4 is 0 Å². The Kier molecular flexibility index (Phi) is 6.05. The number of rotatable bonds is 7. The Balaban J connectivity index is 1.95. The average Bonchev–Trinajstić information content (AvgIpc) is 2.80. The molecule has 0 radical (unpaired) electrons. The van der Waals surface area contributed by atoms with Gasteiger partial charge in [0.1, 0.15) is 11.4 Å². The van der Waals surface area contributed by atoms with Crippen LogP contribution in [0, 0.1) is 23.2 Å². The summed E-state index contributed by atoms with van der Waals surface area (Å²) in [5.41, 5.74) is -0.505. The summed E-state index contributed by atoms with van der Waals surface area (Å²) in [5, 5.41) is 0. The molecule has 0 heterocycles. The van der Waals surface area contributed by atoms with Crippen LogP contribution in [0.15, 0.2) is 0 Å². The maximum Gasteiger partial charge on any atom is 0.185 e.